The average Bonchev–Trinajstić information content (AvgIpc) is 2.35. The molecule has 0 aliphatic rings. The van der Waals surface area contributed by atoms with Gasteiger partial charge in [0.1, 0.15) is 0 Å². The van der Waals surface area contributed by atoms with Crippen molar-refractivity contribution >= 4 is 0 Å². The number of allylic oxidation sites excluding steroid dienone is 1. The van der Waals surface area contributed by atoms with Crippen molar-refractivity contribution in [2.24, 2.45) is 5.92 Å². The second-order valence-corrected chi connectivity index (χ2v) is 4.36. The van der Waals surface area contributed by atoms with E-state index in [0.29, 0.717) is 18.0 Å². The van der Waals surface area contributed by atoms with E-state index in [0.717, 1.165) is 25.8 Å². The Kier molecular flexibility index (Phi) is 6.14. The predicted molar refractivity (Wildman–Crippen MR) is 72.6 cm³/mol. The molecular weight excluding hydrogens is 230 g/mol. The molecule has 1 aromatic heterocycles. The van der Waals surface area contributed by atoms with Crippen molar-refractivity contribution in [1.29, 1.82) is 0 Å². The summed E-state index contributed by atoms with van der Waals surface area (Å²) >= 11 is 0. The van der Waals surface area contributed by atoms with Gasteiger partial charge in [0.15, 0.2) is 0 Å². The number of aromatic nitrogens is 2. The van der Waals surface area contributed by atoms with Gasteiger partial charge in [-0.2, -0.15) is 0 Å². The Bertz CT molecular complexity index is 476. The van der Waals surface area contributed by atoms with Gasteiger partial charge in [-0.05, 0) is 25.3 Å². The molecular formula is C13H21N3O2. The van der Waals surface area contributed by atoms with Crippen molar-refractivity contribution in [2.75, 3.05) is 6.54 Å². The Hall–Kier alpha value is -1.62. The van der Waals surface area contributed by atoms with E-state index < -0.39 is 5.69 Å². The van der Waals surface area contributed by atoms with Crippen molar-refractivity contribution in [3.63, 3.8) is 0 Å². The Morgan fingerprint density at radius 3 is 2.89 bits per heavy atom. The first-order valence-corrected chi connectivity index (χ1v) is 6.29. The number of H-pyrrole nitrogens is 2. The number of rotatable bonds is 8. The number of nitrogens with one attached hydrogen (secondary N) is 3. The van der Waals surface area contributed by atoms with E-state index in [4.69, 9.17) is 0 Å². The molecule has 0 aliphatic heterocycles. The second-order valence-electron chi connectivity index (χ2n) is 4.36. The summed E-state index contributed by atoms with van der Waals surface area (Å²) in [5.41, 5.74) is -0.253. The fourth-order valence-corrected chi connectivity index (χ4v) is 1.82. The molecule has 3 N–H and O–H groups in total. The third-order valence-electron chi connectivity index (χ3n) is 3.02. The van der Waals surface area contributed by atoms with Crippen LogP contribution in [-0.4, -0.2) is 16.5 Å². The zero-order valence-electron chi connectivity index (χ0n) is 10.8. The first-order chi connectivity index (χ1) is 8.67. The van der Waals surface area contributed by atoms with Gasteiger partial charge in [0.2, 0.25) is 0 Å². The van der Waals surface area contributed by atoms with Crippen LogP contribution in [0.3, 0.4) is 0 Å². The molecule has 1 heterocycles. The molecule has 0 saturated heterocycles. The maximum Gasteiger partial charge on any atom is 0.325 e. The summed E-state index contributed by atoms with van der Waals surface area (Å²) in [6.45, 7) is 7.23. The van der Waals surface area contributed by atoms with Crippen LogP contribution in [0.1, 0.15) is 31.7 Å². The summed E-state index contributed by atoms with van der Waals surface area (Å²) in [5.74, 6) is 0.642. The van der Waals surface area contributed by atoms with Crippen LogP contribution in [-0.2, 0) is 6.54 Å². The smallest absolute Gasteiger partial charge is 0.314 e. The molecule has 0 amide bonds. The summed E-state index contributed by atoms with van der Waals surface area (Å²) in [7, 11) is 0. The van der Waals surface area contributed by atoms with Gasteiger partial charge in [0, 0.05) is 18.3 Å². The zero-order chi connectivity index (χ0) is 13.4. The topological polar surface area (TPSA) is 77.8 Å². The molecule has 0 bridgehead atoms. The normalized spacial score (nSPS) is 12.3. The lowest BCUT2D eigenvalue weighted by atomic mass is 9.99. The fourth-order valence-electron chi connectivity index (χ4n) is 1.82. The Balaban J connectivity index is 2.35. The molecule has 0 radical (unpaired) electrons. The highest BCUT2D eigenvalue weighted by Crippen LogP contribution is 2.12. The molecule has 0 saturated carbocycles. The van der Waals surface area contributed by atoms with Crippen LogP contribution in [0.25, 0.3) is 0 Å². The van der Waals surface area contributed by atoms with E-state index in [1.54, 1.807) is 0 Å². The number of aromatic amines is 2. The SMILES string of the molecule is C=CCC(CC)CCNCc1c[nH]c(=O)[nH]c1=O. The molecule has 5 heteroatoms. The average molecular weight is 251 g/mol. The highest BCUT2D eigenvalue weighted by Gasteiger charge is 2.04. The summed E-state index contributed by atoms with van der Waals surface area (Å²) in [6, 6.07) is 0. The van der Waals surface area contributed by atoms with E-state index >= 15 is 0 Å². The second kappa shape index (κ2) is 7.66. The highest BCUT2D eigenvalue weighted by molar-refractivity contribution is 5.02. The molecule has 100 valence electrons. The maximum absolute atomic E-state index is 11.4. The van der Waals surface area contributed by atoms with Gasteiger partial charge in [-0.15, -0.1) is 6.58 Å². The van der Waals surface area contributed by atoms with Gasteiger partial charge in [-0.25, -0.2) is 4.79 Å². The van der Waals surface area contributed by atoms with Gasteiger partial charge in [0.25, 0.3) is 5.56 Å². The Morgan fingerprint density at radius 2 is 2.28 bits per heavy atom. The summed E-state index contributed by atoms with van der Waals surface area (Å²) in [4.78, 5) is 26.9. The molecule has 1 aromatic rings. The zero-order valence-corrected chi connectivity index (χ0v) is 10.8. The van der Waals surface area contributed by atoms with E-state index in [1.807, 2.05) is 6.08 Å². The molecule has 0 aromatic carbocycles. The van der Waals surface area contributed by atoms with Crippen LogP contribution >= 0.6 is 0 Å². The lowest BCUT2D eigenvalue weighted by Gasteiger charge is -2.12. The van der Waals surface area contributed by atoms with Crippen molar-refractivity contribution in [3.8, 4) is 0 Å². The summed E-state index contributed by atoms with van der Waals surface area (Å²) in [6.07, 6.45) is 6.62. The van der Waals surface area contributed by atoms with Crippen molar-refractivity contribution in [3.05, 3.63) is 45.3 Å². The first kappa shape index (κ1) is 14.4. The first-order valence-electron chi connectivity index (χ1n) is 6.29. The van der Waals surface area contributed by atoms with Gasteiger partial charge in [-0.1, -0.05) is 19.4 Å². The van der Waals surface area contributed by atoms with E-state index in [-0.39, 0.29) is 5.56 Å². The van der Waals surface area contributed by atoms with Gasteiger partial charge in [-0.3, -0.25) is 9.78 Å². The lowest BCUT2D eigenvalue weighted by molar-refractivity contribution is 0.455. The lowest BCUT2D eigenvalue weighted by Crippen LogP contribution is -2.28. The van der Waals surface area contributed by atoms with Gasteiger partial charge < -0.3 is 10.3 Å². The summed E-state index contributed by atoms with van der Waals surface area (Å²) in [5, 5.41) is 3.21. The molecule has 1 unspecified atom stereocenters. The van der Waals surface area contributed by atoms with Crippen molar-refractivity contribution in [2.45, 2.75) is 32.7 Å². The molecule has 1 rings (SSSR count). The molecule has 5 nitrogen and oxygen atoms in total. The largest absolute Gasteiger partial charge is 0.325 e. The van der Waals surface area contributed by atoms with Crippen LogP contribution < -0.4 is 16.6 Å². The minimum absolute atomic E-state index is 0.329. The van der Waals surface area contributed by atoms with E-state index in [9.17, 15) is 9.59 Å². The number of hydrogen-bond acceptors (Lipinski definition) is 3. The predicted octanol–water partition coefficient (Wildman–Crippen LogP) is 1.15. The van der Waals surface area contributed by atoms with Crippen LogP contribution in [0.5, 0.6) is 0 Å². The highest BCUT2D eigenvalue weighted by atomic mass is 16.2. The third kappa shape index (κ3) is 4.71. The molecule has 0 aliphatic carbocycles. The Morgan fingerprint density at radius 1 is 1.50 bits per heavy atom. The Labute approximate surface area is 106 Å². The van der Waals surface area contributed by atoms with Crippen LogP contribution in [0.4, 0.5) is 0 Å². The molecule has 0 fully saturated rings. The molecule has 18 heavy (non-hydrogen) atoms. The van der Waals surface area contributed by atoms with Crippen molar-refractivity contribution < 1.29 is 0 Å². The minimum Gasteiger partial charge on any atom is -0.314 e. The minimum atomic E-state index is -0.471. The number of hydrogen-bond donors (Lipinski definition) is 3. The standard InChI is InChI=1S/C13H21N3O2/c1-3-5-10(4-2)6-7-14-8-11-9-15-13(18)16-12(11)17/h3,9-10,14H,1,4-8H2,2H3,(H2,15,16,17,18). The van der Waals surface area contributed by atoms with Gasteiger partial charge >= 0.3 is 5.69 Å². The van der Waals surface area contributed by atoms with Crippen LogP contribution in [0, 0.1) is 5.92 Å². The third-order valence-corrected chi connectivity index (χ3v) is 3.02. The van der Waals surface area contributed by atoms with Crippen molar-refractivity contribution in [1.82, 2.24) is 15.3 Å². The summed E-state index contributed by atoms with van der Waals surface area (Å²) < 4.78 is 0. The van der Waals surface area contributed by atoms with Crippen LogP contribution in [0.15, 0.2) is 28.4 Å². The molecule has 1 atom stereocenters. The van der Waals surface area contributed by atoms with E-state index in [1.165, 1.54) is 6.20 Å². The van der Waals surface area contributed by atoms with Gasteiger partial charge in [0.05, 0.1) is 0 Å². The maximum atomic E-state index is 11.4. The van der Waals surface area contributed by atoms with E-state index in [2.05, 4.69) is 28.8 Å². The fraction of sp³-hybridized carbons (Fsp3) is 0.538. The monoisotopic (exact) mass is 251 g/mol. The quantitative estimate of drug-likeness (QED) is 0.479. The molecule has 0 spiro atoms. The van der Waals surface area contributed by atoms with Crippen LogP contribution in [0.2, 0.25) is 0 Å².